The average molecular weight is 353 g/mol. The summed E-state index contributed by atoms with van der Waals surface area (Å²) >= 11 is 0. The molecule has 0 bridgehead atoms. The number of nitrogens with one attached hydrogen (secondary N) is 1. The smallest absolute Gasteiger partial charge is 0.407 e. The SMILES string of the molecule is CC(C)(C)OC(=O)NCCCCCCOc1ccc(CO)c(CO)c1. The van der Waals surface area contributed by atoms with Crippen LogP contribution in [0.3, 0.4) is 0 Å². The fourth-order valence-electron chi connectivity index (χ4n) is 2.27. The summed E-state index contributed by atoms with van der Waals surface area (Å²) in [7, 11) is 0. The first kappa shape index (κ1) is 21.3. The van der Waals surface area contributed by atoms with Crippen molar-refractivity contribution in [2.75, 3.05) is 13.2 Å². The summed E-state index contributed by atoms with van der Waals surface area (Å²) in [4.78, 5) is 11.5. The lowest BCUT2D eigenvalue weighted by Crippen LogP contribution is -2.32. The number of carbonyl (C=O) groups is 1. The summed E-state index contributed by atoms with van der Waals surface area (Å²) in [6, 6.07) is 5.33. The summed E-state index contributed by atoms with van der Waals surface area (Å²) in [5.74, 6) is 0.702. The third kappa shape index (κ3) is 9.31. The molecule has 3 N–H and O–H groups in total. The molecule has 0 aliphatic heterocycles. The number of unbranched alkanes of at least 4 members (excludes halogenated alkanes) is 3. The van der Waals surface area contributed by atoms with Gasteiger partial charge in [0.15, 0.2) is 0 Å². The van der Waals surface area contributed by atoms with Crippen molar-refractivity contribution in [1.82, 2.24) is 5.32 Å². The first-order valence-electron chi connectivity index (χ1n) is 8.79. The average Bonchev–Trinajstić information content (AvgIpc) is 2.55. The maximum atomic E-state index is 11.5. The van der Waals surface area contributed by atoms with E-state index in [9.17, 15) is 9.90 Å². The molecule has 1 aromatic rings. The second-order valence-corrected chi connectivity index (χ2v) is 6.94. The number of amides is 1. The van der Waals surface area contributed by atoms with Crippen molar-refractivity contribution in [3.63, 3.8) is 0 Å². The number of hydrogen-bond acceptors (Lipinski definition) is 5. The van der Waals surface area contributed by atoms with Gasteiger partial charge in [0, 0.05) is 6.54 Å². The van der Waals surface area contributed by atoms with Crippen LogP contribution in [-0.2, 0) is 18.0 Å². The van der Waals surface area contributed by atoms with Crippen LogP contribution < -0.4 is 10.1 Å². The molecule has 0 fully saturated rings. The molecule has 142 valence electrons. The van der Waals surface area contributed by atoms with E-state index in [-0.39, 0.29) is 19.3 Å². The van der Waals surface area contributed by atoms with Gasteiger partial charge in [0.1, 0.15) is 11.4 Å². The first-order chi connectivity index (χ1) is 11.9. The number of aliphatic hydroxyl groups is 2. The molecule has 0 saturated heterocycles. The van der Waals surface area contributed by atoms with Crippen LogP contribution in [0, 0.1) is 0 Å². The van der Waals surface area contributed by atoms with E-state index in [4.69, 9.17) is 14.6 Å². The fraction of sp³-hybridized carbons (Fsp3) is 0.632. The van der Waals surface area contributed by atoms with Gasteiger partial charge in [-0.3, -0.25) is 0 Å². The van der Waals surface area contributed by atoms with Crippen LogP contribution >= 0.6 is 0 Å². The van der Waals surface area contributed by atoms with Crippen LogP contribution in [0.1, 0.15) is 57.6 Å². The van der Waals surface area contributed by atoms with E-state index in [1.54, 1.807) is 18.2 Å². The van der Waals surface area contributed by atoms with Crippen LogP contribution in [-0.4, -0.2) is 35.1 Å². The molecule has 0 saturated carbocycles. The first-order valence-corrected chi connectivity index (χ1v) is 8.79. The summed E-state index contributed by atoms with van der Waals surface area (Å²) in [6.07, 6.45) is 3.46. The van der Waals surface area contributed by atoms with Crippen LogP contribution in [0.2, 0.25) is 0 Å². The molecule has 1 amide bonds. The molecule has 1 aromatic carbocycles. The van der Waals surface area contributed by atoms with E-state index < -0.39 is 5.60 Å². The number of aliphatic hydroxyl groups excluding tert-OH is 2. The van der Waals surface area contributed by atoms with Crippen molar-refractivity contribution in [1.29, 1.82) is 0 Å². The van der Waals surface area contributed by atoms with Crippen molar-refractivity contribution in [2.45, 2.75) is 65.3 Å². The predicted molar refractivity (Wildman–Crippen MR) is 96.5 cm³/mol. The molecule has 0 heterocycles. The van der Waals surface area contributed by atoms with Gasteiger partial charge in [-0.2, -0.15) is 0 Å². The molecule has 25 heavy (non-hydrogen) atoms. The van der Waals surface area contributed by atoms with Gasteiger partial charge in [-0.05, 0) is 56.9 Å². The minimum atomic E-state index is -0.466. The van der Waals surface area contributed by atoms with E-state index >= 15 is 0 Å². The third-order valence-electron chi connectivity index (χ3n) is 3.53. The van der Waals surface area contributed by atoms with Gasteiger partial charge in [-0.1, -0.05) is 18.9 Å². The van der Waals surface area contributed by atoms with Gasteiger partial charge >= 0.3 is 6.09 Å². The minimum absolute atomic E-state index is 0.0898. The highest BCUT2D eigenvalue weighted by molar-refractivity contribution is 5.67. The molecule has 0 aliphatic carbocycles. The Morgan fingerprint density at radius 3 is 2.36 bits per heavy atom. The van der Waals surface area contributed by atoms with Crippen molar-refractivity contribution in [3.05, 3.63) is 29.3 Å². The maximum Gasteiger partial charge on any atom is 0.407 e. The summed E-state index contributed by atoms with van der Waals surface area (Å²) in [6.45, 7) is 6.53. The lowest BCUT2D eigenvalue weighted by atomic mass is 10.1. The van der Waals surface area contributed by atoms with E-state index in [2.05, 4.69) is 5.32 Å². The molecule has 0 aromatic heterocycles. The number of alkyl carbamates (subject to hydrolysis) is 1. The second-order valence-electron chi connectivity index (χ2n) is 6.94. The van der Waals surface area contributed by atoms with E-state index in [1.807, 2.05) is 20.8 Å². The van der Waals surface area contributed by atoms with Crippen LogP contribution in [0.5, 0.6) is 5.75 Å². The van der Waals surface area contributed by atoms with Crippen molar-refractivity contribution in [2.24, 2.45) is 0 Å². The Hall–Kier alpha value is -1.79. The lowest BCUT2D eigenvalue weighted by molar-refractivity contribution is 0.0527. The summed E-state index contributed by atoms with van der Waals surface area (Å²) in [5, 5.41) is 21.2. The Bertz CT molecular complexity index is 525. The van der Waals surface area contributed by atoms with Gasteiger partial charge in [-0.15, -0.1) is 0 Å². The number of carbonyl (C=O) groups excluding carboxylic acids is 1. The highest BCUT2D eigenvalue weighted by Gasteiger charge is 2.15. The monoisotopic (exact) mass is 353 g/mol. The normalized spacial score (nSPS) is 11.2. The van der Waals surface area contributed by atoms with Crippen LogP contribution in [0.4, 0.5) is 4.79 Å². The second kappa shape index (κ2) is 10.9. The van der Waals surface area contributed by atoms with E-state index in [1.165, 1.54) is 0 Å². The number of rotatable bonds is 10. The topological polar surface area (TPSA) is 88.0 Å². The maximum absolute atomic E-state index is 11.5. The standard InChI is InChI=1S/C19H31NO5/c1-19(2,3)25-18(23)20-10-6-4-5-7-11-24-17-9-8-15(13-21)16(12-17)14-22/h8-9,12,21-22H,4-7,10-11,13-14H2,1-3H3,(H,20,23). The van der Waals surface area contributed by atoms with E-state index in [0.29, 0.717) is 30.0 Å². The van der Waals surface area contributed by atoms with Crippen LogP contribution in [0.15, 0.2) is 18.2 Å². The van der Waals surface area contributed by atoms with Gasteiger partial charge in [0.2, 0.25) is 0 Å². The van der Waals surface area contributed by atoms with Gasteiger partial charge < -0.3 is 25.0 Å². The fourth-order valence-corrected chi connectivity index (χ4v) is 2.27. The van der Waals surface area contributed by atoms with Gasteiger partial charge in [-0.25, -0.2) is 4.79 Å². The molecular weight excluding hydrogens is 322 g/mol. The number of ether oxygens (including phenoxy) is 2. The largest absolute Gasteiger partial charge is 0.494 e. The Balaban J connectivity index is 2.10. The Morgan fingerprint density at radius 2 is 1.72 bits per heavy atom. The predicted octanol–water partition coefficient (Wildman–Crippen LogP) is 3.14. The molecule has 0 atom stereocenters. The van der Waals surface area contributed by atoms with Crippen molar-refractivity contribution in [3.8, 4) is 5.75 Å². The summed E-state index contributed by atoms with van der Waals surface area (Å²) < 4.78 is 10.8. The van der Waals surface area contributed by atoms with E-state index in [0.717, 1.165) is 25.7 Å². The highest BCUT2D eigenvalue weighted by Crippen LogP contribution is 2.18. The molecule has 6 heteroatoms. The molecule has 0 aliphatic rings. The zero-order valence-corrected chi connectivity index (χ0v) is 15.5. The Labute approximate surface area is 150 Å². The van der Waals surface area contributed by atoms with Crippen molar-refractivity contribution >= 4 is 6.09 Å². The molecule has 1 rings (SSSR count). The van der Waals surface area contributed by atoms with Gasteiger partial charge in [0.25, 0.3) is 0 Å². The molecule has 0 unspecified atom stereocenters. The molecular formula is C19H31NO5. The molecule has 0 spiro atoms. The highest BCUT2D eigenvalue weighted by atomic mass is 16.6. The van der Waals surface area contributed by atoms with Gasteiger partial charge in [0.05, 0.1) is 19.8 Å². The minimum Gasteiger partial charge on any atom is -0.494 e. The lowest BCUT2D eigenvalue weighted by Gasteiger charge is -2.19. The number of benzene rings is 1. The molecule has 6 nitrogen and oxygen atoms in total. The van der Waals surface area contributed by atoms with Crippen molar-refractivity contribution < 1.29 is 24.5 Å². The number of hydrogen-bond donors (Lipinski definition) is 3. The third-order valence-corrected chi connectivity index (χ3v) is 3.53. The Kier molecular flexibility index (Phi) is 9.31. The zero-order chi connectivity index (χ0) is 18.7. The van der Waals surface area contributed by atoms with Crippen LogP contribution in [0.25, 0.3) is 0 Å². The quantitative estimate of drug-likeness (QED) is 0.563. The molecule has 0 radical (unpaired) electrons. The summed E-state index contributed by atoms with van der Waals surface area (Å²) in [5.41, 5.74) is 0.938. The zero-order valence-electron chi connectivity index (χ0n) is 15.5. The Morgan fingerprint density at radius 1 is 1.04 bits per heavy atom.